The van der Waals surface area contributed by atoms with Gasteiger partial charge in [-0.2, -0.15) is 0 Å². The Labute approximate surface area is 157 Å². The van der Waals surface area contributed by atoms with Gasteiger partial charge in [-0.25, -0.2) is 4.39 Å². The number of carboxylic acids is 1. The quantitative estimate of drug-likeness (QED) is 0.836. The van der Waals surface area contributed by atoms with Crippen molar-refractivity contribution in [3.8, 4) is 11.5 Å². The van der Waals surface area contributed by atoms with Crippen molar-refractivity contribution in [2.75, 3.05) is 14.2 Å². The summed E-state index contributed by atoms with van der Waals surface area (Å²) in [6, 6.07) is 10.8. The molecule has 0 aliphatic heterocycles. The Balaban J connectivity index is 1.92. The highest BCUT2D eigenvalue weighted by Gasteiger charge is 2.48. The van der Waals surface area contributed by atoms with Crippen LogP contribution in [0.3, 0.4) is 0 Å². The zero-order chi connectivity index (χ0) is 19.7. The third kappa shape index (κ3) is 3.37. The Morgan fingerprint density at radius 2 is 1.48 bits per heavy atom. The van der Waals surface area contributed by atoms with E-state index in [0.717, 1.165) is 0 Å². The van der Waals surface area contributed by atoms with Crippen molar-refractivity contribution in [3.63, 3.8) is 0 Å². The molecule has 1 saturated carbocycles. The lowest BCUT2D eigenvalue weighted by Crippen LogP contribution is -2.44. The molecule has 1 fully saturated rings. The van der Waals surface area contributed by atoms with Crippen molar-refractivity contribution >= 4 is 5.97 Å². The van der Waals surface area contributed by atoms with Gasteiger partial charge in [0.05, 0.1) is 25.2 Å². The minimum absolute atomic E-state index is 0.256. The van der Waals surface area contributed by atoms with E-state index in [1.54, 1.807) is 30.3 Å². The fourth-order valence-corrected chi connectivity index (χ4v) is 3.90. The second-order valence-electron chi connectivity index (χ2n) is 7.00. The molecule has 1 aliphatic carbocycles. The molecule has 0 atom stereocenters. The van der Waals surface area contributed by atoms with Crippen molar-refractivity contribution in [1.29, 1.82) is 0 Å². The fourth-order valence-electron chi connectivity index (χ4n) is 3.90. The largest absolute Gasteiger partial charge is 0.493 e. The van der Waals surface area contributed by atoms with Gasteiger partial charge in [0.25, 0.3) is 0 Å². The number of rotatable bonds is 5. The van der Waals surface area contributed by atoms with Crippen LogP contribution in [-0.4, -0.2) is 30.4 Å². The number of ether oxygens (including phenoxy) is 2. The predicted molar refractivity (Wildman–Crippen MR) is 97.6 cm³/mol. The molecule has 6 heteroatoms. The van der Waals surface area contributed by atoms with Gasteiger partial charge in [-0.05, 0) is 61.1 Å². The monoisotopic (exact) mass is 374 g/mol. The van der Waals surface area contributed by atoms with Gasteiger partial charge in [0.2, 0.25) is 0 Å². The minimum Gasteiger partial charge on any atom is -0.493 e. The summed E-state index contributed by atoms with van der Waals surface area (Å²) in [5.74, 6) is -0.311. The molecular weight excluding hydrogens is 351 g/mol. The molecule has 0 saturated heterocycles. The number of benzene rings is 2. The molecule has 0 unspecified atom stereocenters. The highest BCUT2D eigenvalue weighted by atomic mass is 19.1. The topological polar surface area (TPSA) is 76.0 Å². The molecule has 3 rings (SSSR count). The van der Waals surface area contributed by atoms with Crippen LogP contribution in [0.15, 0.2) is 42.5 Å². The van der Waals surface area contributed by atoms with Crippen LogP contribution in [0, 0.1) is 5.82 Å². The Morgan fingerprint density at radius 3 is 2.00 bits per heavy atom. The lowest BCUT2D eigenvalue weighted by atomic mass is 9.64. The Bertz CT molecular complexity index is 823. The second kappa shape index (κ2) is 7.19. The molecule has 2 aromatic rings. The van der Waals surface area contributed by atoms with E-state index in [4.69, 9.17) is 9.47 Å². The van der Waals surface area contributed by atoms with Crippen molar-refractivity contribution in [2.45, 2.75) is 36.7 Å². The third-order valence-electron chi connectivity index (χ3n) is 5.66. The van der Waals surface area contributed by atoms with Crippen molar-refractivity contribution < 1.29 is 28.9 Å². The molecule has 0 heterocycles. The average Bonchev–Trinajstić information content (AvgIpc) is 2.68. The Morgan fingerprint density at radius 1 is 0.926 bits per heavy atom. The highest BCUT2D eigenvalue weighted by Crippen LogP contribution is 2.48. The smallest absolute Gasteiger partial charge is 0.314 e. The van der Waals surface area contributed by atoms with Gasteiger partial charge >= 0.3 is 5.97 Å². The summed E-state index contributed by atoms with van der Waals surface area (Å²) in [6.45, 7) is 0. The lowest BCUT2D eigenvalue weighted by Gasteiger charge is -2.42. The zero-order valence-corrected chi connectivity index (χ0v) is 15.4. The molecule has 0 amide bonds. The normalized spacial score (nSPS) is 25.0. The number of methoxy groups -OCH3 is 2. The van der Waals surface area contributed by atoms with Gasteiger partial charge in [-0.1, -0.05) is 18.2 Å². The van der Waals surface area contributed by atoms with Gasteiger partial charge in [0.15, 0.2) is 11.5 Å². The summed E-state index contributed by atoms with van der Waals surface area (Å²) in [4.78, 5) is 12.2. The molecule has 2 N–H and O–H groups in total. The first-order chi connectivity index (χ1) is 12.8. The molecule has 0 bridgehead atoms. The van der Waals surface area contributed by atoms with E-state index in [9.17, 15) is 19.4 Å². The molecule has 2 aromatic carbocycles. The Kier molecular flexibility index (Phi) is 5.11. The summed E-state index contributed by atoms with van der Waals surface area (Å²) in [6.07, 6.45) is 1.04. The van der Waals surface area contributed by atoms with Gasteiger partial charge in [-0.15, -0.1) is 0 Å². The molecule has 5 nitrogen and oxygen atoms in total. The maximum Gasteiger partial charge on any atom is 0.314 e. The number of hydrogen-bond acceptors (Lipinski definition) is 4. The maximum atomic E-state index is 13.2. The van der Waals surface area contributed by atoms with Gasteiger partial charge in [0.1, 0.15) is 5.82 Å². The molecule has 0 spiro atoms. The molecule has 144 valence electrons. The van der Waals surface area contributed by atoms with Crippen LogP contribution in [-0.2, 0) is 15.8 Å². The summed E-state index contributed by atoms with van der Waals surface area (Å²) < 4.78 is 23.7. The first-order valence-corrected chi connectivity index (χ1v) is 8.79. The van der Waals surface area contributed by atoms with E-state index in [2.05, 4.69) is 0 Å². The molecular formula is C21H23FO5. The first kappa shape index (κ1) is 19.2. The van der Waals surface area contributed by atoms with Gasteiger partial charge in [-0.3, -0.25) is 4.79 Å². The summed E-state index contributed by atoms with van der Waals surface area (Å²) in [5, 5.41) is 21.0. The van der Waals surface area contributed by atoms with E-state index in [-0.39, 0.29) is 31.5 Å². The number of aliphatic hydroxyl groups is 1. The molecule has 1 aliphatic rings. The minimum atomic E-state index is -1.16. The van der Waals surface area contributed by atoms with Crippen LogP contribution in [0.2, 0.25) is 0 Å². The molecule has 0 radical (unpaired) electrons. The number of hydrogen-bond donors (Lipinski definition) is 2. The van der Waals surface area contributed by atoms with Crippen molar-refractivity contribution in [3.05, 3.63) is 59.4 Å². The average molecular weight is 374 g/mol. The number of carboxylic acid groups (broad SMARTS) is 1. The summed E-state index contributed by atoms with van der Waals surface area (Å²) in [5.41, 5.74) is -1.06. The van der Waals surface area contributed by atoms with E-state index >= 15 is 0 Å². The maximum absolute atomic E-state index is 13.2. The molecule has 0 aromatic heterocycles. The van der Waals surface area contributed by atoms with Crippen LogP contribution in [0.1, 0.15) is 36.8 Å². The first-order valence-electron chi connectivity index (χ1n) is 8.79. The Hall–Kier alpha value is -2.60. The lowest BCUT2D eigenvalue weighted by molar-refractivity contribution is -0.148. The number of halogens is 1. The standard InChI is InChI=1S/C21H23FO5/c1-26-17-8-5-15(13-18(17)27-2)20(19(23)24)9-11-21(25,12-10-20)14-3-6-16(22)7-4-14/h3-8,13,25H,9-12H2,1-2H3,(H,23,24). The van der Waals surface area contributed by atoms with Gasteiger partial charge < -0.3 is 19.7 Å². The zero-order valence-electron chi connectivity index (χ0n) is 15.4. The fraction of sp³-hybridized carbons (Fsp3) is 0.381. The SMILES string of the molecule is COc1ccc(C2(C(=O)O)CCC(O)(c3ccc(F)cc3)CC2)cc1OC. The third-order valence-corrected chi connectivity index (χ3v) is 5.66. The summed E-state index contributed by atoms with van der Waals surface area (Å²) in [7, 11) is 3.02. The molecule has 27 heavy (non-hydrogen) atoms. The summed E-state index contributed by atoms with van der Waals surface area (Å²) >= 11 is 0. The predicted octanol–water partition coefficient (Wildman–Crippen LogP) is 3.63. The van der Waals surface area contributed by atoms with Crippen LogP contribution < -0.4 is 9.47 Å². The second-order valence-corrected chi connectivity index (χ2v) is 7.00. The van der Waals surface area contributed by atoms with E-state index in [1.807, 2.05) is 0 Å². The highest BCUT2D eigenvalue weighted by molar-refractivity contribution is 5.82. The van der Waals surface area contributed by atoms with E-state index in [0.29, 0.717) is 22.6 Å². The van der Waals surface area contributed by atoms with Crippen LogP contribution in [0.4, 0.5) is 4.39 Å². The van der Waals surface area contributed by atoms with Crippen LogP contribution in [0.5, 0.6) is 11.5 Å². The van der Waals surface area contributed by atoms with Crippen molar-refractivity contribution in [2.24, 2.45) is 0 Å². The van der Waals surface area contributed by atoms with Crippen LogP contribution in [0.25, 0.3) is 0 Å². The van der Waals surface area contributed by atoms with Crippen LogP contribution >= 0.6 is 0 Å². The van der Waals surface area contributed by atoms with E-state index < -0.39 is 17.0 Å². The number of carbonyl (C=O) groups is 1. The number of aliphatic carboxylic acids is 1. The van der Waals surface area contributed by atoms with Crippen molar-refractivity contribution in [1.82, 2.24) is 0 Å². The van der Waals surface area contributed by atoms with E-state index in [1.165, 1.54) is 26.4 Å². The van der Waals surface area contributed by atoms with Gasteiger partial charge in [0, 0.05) is 0 Å².